The van der Waals surface area contributed by atoms with Crippen molar-refractivity contribution in [3.05, 3.63) is 65.7 Å². The molecule has 1 atom stereocenters. The van der Waals surface area contributed by atoms with Crippen LogP contribution >= 0.6 is 0 Å². The summed E-state index contributed by atoms with van der Waals surface area (Å²) >= 11 is 0. The second-order valence-corrected chi connectivity index (χ2v) is 6.26. The van der Waals surface area contributed by atoms with E-state index in [0.29, 0.717) is 11.3 Å². The maximum Gasteiger partial charge on any atom is 0.258 e. The maximum absolute atomic E-state index is 12.8. The number of primary amides is 1. The van der Waals surface area contributed by atoms with Gasteiger partial charge < -0.3 is 15.8 Å². The van der Waals surface area contributed by atoms with Gasteiger partial charge in [-0.3, -0.25) is 9.59 Å². The highest BCUT2D eigenvalue weighted by molar-refractivity contribution is 5.96. The van der Waals surface area contributed by atoms with Gasteiger partial charge in [-0.2, -0.15) is 0 Å². The summed E-state index contributed by atoms with van der Waals surface area (Å²) in [7, 11) is 0. The molecule has 2 aromatic rings. The second kappa shape index (κ2) is 7.94. The first-order valence-electron chi connectivity index (χ1n) is 8.54. The molecule has 1 aliphatic rings. The number of ether oxygens (including phenoxy) is 1. The lowest BCUT2D eigenvalue weighted by Crippen LogP contribution is -2.26. The Labute approximate surface area is 147 Å². The molecule has 25 heavy (non-hydrogen) atoms. The minimum atomic E-state index is -0.653. The predicted octanol–water partition coefficient (Wildman–Crippen LogP) is 3.42. The van der Waals surface area contributed by atoms with E-state index in [4.69, 9.17) is 10.5 Å². The standard InChI is InChI=1S/C20H22N2O3/c21-19(23)15-10-12-16(13-11-15)22-20(24)18(14-6-2-1-3-7-14)25-17-8-4-5-9-17/h1-3,6-7,10-13,17-18H,4-5,8-9H2,(H2,21,23)(H,22,24)/t18-/m1/s1. The smallest absolute Gasteiger partial charge is 0.258 e. The number of carbonyl (C=O) groups is 2. The van der Waals surface area contributed by atoms with Gasteiger partial charge in [0.05, 0.1) is 6.10 Å². The van der Waals surface area contributed by atoms with Gasteiger partial charge in [-0.1, -0.05) is 43.2 Å². The molecule has 1 fully saturated rings. The fraction of sp³-hybridized carbons (Fsp3) is 0.300. The topological polar surface area (TPSA) is 81.4 Å². The summed E-state index contributed by atoms with van der Waals surface area (Å²) in [6.45, 7) is 0. The van der Waals surface area contributed by atoms with E-state index in [-0.39, 0.29) is 12.0 Å². The third-order valence-electron chi connectivity index (χ3n) is 4.41. The van der Waals surface area contributed by atoms with Gasteiger partial charge in [0, 0.05) is 11.3 Å². The van der Waals surface area contributed by atoms with Crippen LogP contribution in [0.5, 0.6) is 0 Å². The van der Waals surface area contributed by atoms with E-state index >= 15 is 0 Å². The number of benzene rings is 2. The quantitative estimate of drug-likeness (QED) is 0.847. The van der Waals surface area contributed by atoms with Crippen molar-refractivity contribution in [2.75, 3.05) is 5.32 Å². The molecule has 3 rings (SSSR count). The third kappa shape index (κ3) is 4.45. The predicted molar refractivity (Wildman–Crippen MR) is 96.1 cm³/mol. The molecule has 130 valence electrons. The Kier molecular flexibility index (Phi) is 5.46. The zero-order chi connectivity index (χ0) is 17.6. The Morgan fingerprint density at radius 2 is 1.64 bits per heavy atom. The molecule has 0 spiro atoms. The molecule has 0 bridgehead atoms. The van der Waals surface area contributed by atoms with Crippen LogP contribution in [0.3, 0.4) is 0 Å². The normalized spacial score (nSPS) is 15.7. The second-order valence-electron chi connectivity index (χ2n) is 6.26. The first kappa shape index (κ1) is 17.2. The SMILES string of the molecule is NC(=O)c1ccc(NC(=O)[C@H](OC2CCCC2)c2ccccc2)cc1. The van der Waals surface area contributed by atoms with E-state index in [1.54, 1.807) is 24.3 Å². The Morgan fingerprint density at radius 3 is 2.24 bits per heavy atom. The van der Waals surface area contributed by atoms with Crippen LogP contribution in [-0.2, 0) is 9.53 Å². The molecule has 0 heterocycles. The van der Waals surface area contributed by atoms with Gasteiger partial charge in [-0.25, -0.2) is 0 Å². The van der Waals surface area contributed by atoms with Gasteiger partial charge in [0.15, 0.2) is 6.10 Å². The molecule has 0 aliphatic heterocycles. The Bertz CT molecular complexity index is 722. The van der Waals surface area contributed by atoms with Gasteiger partial charge in [-0.15, -0.1) is 0 Å². The first-order valence-corrected chi connectivity index (χ1v) is 8.54. The van der Waals surface area contributed by atoms with Crippen LogP contribution in [-0.4, -0.2) is 17.9 Å². The number of carbonyl (C=O) groups excluding carboxylic acids is 2. The van der Waals surface area contributed by atoms with Gasteiger partial charge in [0.2, 0.25) is 5.91 Å². The first-order chi connectivity index (χ1) is 12.1. The van der Waals surface area contributed by atoms with Gasteiger partial charge in [0.25, 0.3) is 5.91 Å². The van der Waals surface area contributed by atoms with Gasteiger partial charge in [0.1, 0.15) is 0 Å². The van der Waals surface area contributed by atoms with Gasteiger partial charge in [-0.05, 0) is 42.7 Å². The minimum absolute atomic E-state index is 0.119. The average molecular weight is 338 g/mol. The summed E-state index contributed by atoms with van der Waals surface area (Å²) < 4.78 is 6.11. The number of nitrogens with one attached hydrogen (secondary N) is 1. The van der Waals surface area contributed by atoms with Crippen molar-refractivity contribution in [2.45, 2.75) is 37.9 Å². The molecule has 0 saturated heterocycles. The molecule has 5 heteroatoms. The van der Waals surface area contributed by atoms with Crippen molar-refractivity contribution in [3.8, 4) is 0 Å². The van der Waals surface area contributed by atoms with Crippen molar-refractivity contribution in [1.29, 1.82) is 0 Å². The molecule has 5 nitrogen and oxygen atoms in total. The van der Waals surface area contributed by atoms with Crippen LogP contribution in [0.4, 0.5) is 5.69 Å². The molecular weight excluding hydrogens is 316 g/mol. The zero-order valence-electron chi connectivity index (χ0n) is 14.0. The van der Waals surface area contributed by atoms with Crippen LogP contribution < -0.4 is 11.1 Å². The molecule has 1 aliphatic carbocycles. The van der Waals surface area contributed by atoms with Crippen molar-refractivity contribution in [1.82, 2.24) is 0 Å². The molecule has 0 radical (unpaired) electrons. The van der Waals surface area contributed by atoms with Crippen molar-refractivity contribution >= 4 is 17.5 Å². The van der Waals surface area contributed by atoms with E-state index in [1.165, 1.54) is 0 Å². The summed E-state index contributed by atoms with van der Waals surface area (Å²) in [5.41, 5.74) is 7.07. The van der Waals surface area contributed by atoms with Crippen LogP contribution in [0.15, 0.2) is 54.6 Å². The van der Waals surface area contributed by atoms with Crippen molar-refractivity contribution in [2.24, 2.45) is 5.73 Å². The maximum atomic E-state index is 12.8. The van der Waals surface area contributed by atoms with Crippen LogP contribution in [0.1, 0.15) is 47.7 Å². The zero-order valence-corrected chi connectivity index (χ0v) is 14.0. The Hall–Kier alpha value is -2.66. The lowest BCUT2D eigenvalue weighted by Gasteiger charge is -2.22. The highest BCUT2D eigenvalue weighted by Crippen LogP contribution is 2.28. The molecule has 2 aromatic carbocycles. The fourth-order valence-electron chi connectivity index (χ4n) is 3.06. The summed E-state index contributed by atoms with van der Waals surface area (Å²) in [6, 6.07) is 16.0. The summed E-state index contributed by atoms with van der Waals surface area (Å²) in [4.78, 5) is 23.9. The van der Waals surface area contributed by atoms with E-state index < -0.39 is 12.0 Å². The number of nitrogens with two attached hydrogens (primary N) is 1. The molecule has 1 saturated carbocycles. The van der Waals surface area contributed by atoms with Crippen LogP contribution in [0.2, 0.25) is 0 Å². The average Bonchev–Trinajstić information content (AvgIpc) is 3.14. The molecule has 2 amide bonds. The number of rotatable bonds is 6. The molecule has 0 unspecified atom stereocenters. The number of anilines is 1. The number of hydrogen-bond donors (Lipinski definition) is 2. The van der Waals surface area contributed by atoms with E-state index in [2.05, 4.69) is 5.32 Å². The summed E-state index contributed by atoms with van der Waals surface area (Å²) in [6.07, 6.45) is 3.73. The number of amides is 2. The summed E-state index contributed by atoms with van der Waals surface area (Å²) in [5.74, 6) is -0.713. The highest BCUT2D eigenvalue weighted by Gasteiger charge is 2.27. The Balaban J connectivity index is 1.75. The largest absolute Gasteiger partial charge is 0.366 e. The molecule has 3 N–H and O–H groups in total. The fourth-order valence-corrected chi connectivity index (χ4v) is 3.06. The van der Waals surface area contributed by atoms with Crippen LogP contribution in [0.25, 0.3) is 0 Å². The monoisotopic (exact) mass is 338 g/mol. The highest BCUT2D eigenvalue weighted by atomic mass is 16.5. The third-order valence-corrected chi connectivity index (χ3v) is 4.41. The van der Waals surface area contributed by atoms with E-state index in [1.807, 2.05) is 30.3 Å². The minimum Gasteiger partial charge on any atom is -0.366 e. The van der Waals surface area contributed by atoms with Gasteiger partial charge >= 0.3 is 0 Å². The lowest BCUT2D eigenvalue weighted by atomic mass is 10.1. The van der Waals surface area contributed by atoms with Crippen molar-refractivity contribution in [3.63, 3.8) is 0 Å². The van der Waals surface area contributed by atoms with Crippen LogP contribution in [0, 0.1) is 0 Å². The van der Waals surface area contributed by atoms with E-state index in [9.17, 15) is 9.59 Å². The Morgan fingerprint density at radius 1 is 1.00 bits per heavy atom. The molecular formula is C20H22N2O3. The lowest BCUT2D eigenvalue weighted by molar-refractivity contribution is -0.131. The number of hydrogen-bond acceptors (Lipinski definition) is 3. The van der Waals surface area contributed by atoms with Crippen molar-refractivity contribution < 1.29 is 14.3 Å². The summed E-state index contributed by atoms with van der Waals surface area (Å²) in [5, 5.41) is 2.86. The molecule has 0 aromatic heterocycles. The van der Waals surface area contributed by atoms with E-state index in [0.717, 1.165) is 31.2 Å².